The standard InChI is InChI=1S/C18H32N4O5/c1-10(2)8-13(17(25)22-15(11(3)4)18(26)27)21-14(23)9-20-16(24)12-6-5-7-19-12/h10-13,15,19H,5-9H2,1-4H3,(H,20,24)(H,21,23)(H,22,25)(H,26,27). The molecule has 5 N–H and O–H groups in total. The molecular weight excluding hydrogens is 352 g/mol. The minimum atomic E-state index is -1.12. The summed E-state index contributed by atoms with van der Waals surface area (Å²) < 4.78 is 0. The number of hydrogen-bond acceptors (Lipinski definition) is 5. The zero-order chi connectivity index (χ0) is 20.6. The Kier molecular flexibility index (Phi) is 9.20. The number of aliphatic carboxylic acids is 1. The summed E-state index contributed by atoms with van der Waals surface area (Å²) in [6.07, 6.45) is 2.01. The van der Waals surface area contributed by atoms with Crippen LogP contribution in [0.15, 0.2) is 0 Å². The van der Waals surface area contributed by atoms with E-state index in [4.69, 9.17) is 0 Å². The summed E-state index contributed by atoms with van der Waals surface area (Å²) in [6.45, 7) is 7.74. The Balaban J connectivity index is 2.61. The molecule has 9 heteroatoms. The Morgan fingerprint density at radius 1 is 1.11 bits per heavy atom. The fourth-order valence-corrected chi connectivity index (χ4v) is 2.91. The number of carboxylic acid groups (broad SMARTS) is 1. The lowest BCUT2D eigenvalue weighted by atomic mass is 10.0. The smallest absolute Gasteiger partial charge is 0.326 e. The van der Waals surface area contributed by atoms with Gasteiger partial charge in [-0.3, -0.25) is 14.4 Å². The van der Waals surface area contributed by atoms with Gasteiger partial charge in [0.1, 0.15) is 12.1 Å². The normalized spacial score (nSPS) is 18.8. The lowest BCUT2D eigenvalue weighted by Crippen LogP contribution is -2.55. The summed E-state index contributed by atoms with van der Waals surface area (Å²) in [4.78, 5) is 47.9. The third-order valence-electron chi connectivity index (χ3n) is 4.39. The quantitative estimate of drug-likeness (QED) is 0.348. The van der Waals surface area contributed by atoms with Crippen LogP contribution in [-0.4, -0.2) is 60.0 Å². The monoisotopic (exact) mass is 384 g/mol. The minimum Gasteiger partial charge on any atom is -0.480 e. The molecule has 3 unspecified atom stereocenters. The molecule has 0 aromatic carbocycles. The van der Waals surface area contributed by atoms with Gasteiger partial charge >= 0.3 is 5.97 Å². The molecule has 3 amide bonds. The van der Waals surface area contributed by atoms with Crippen LogP contribution in [0.1, 0.15) is 47.0 Å². The molecule has 0 radical (unpaired) electrons. The summed E-state index contributed by atoms with van der Waals surface area (Å²) in [6, 6.07) is -2.17. The average Bonchev–Trinajstić information content (AvgIpc) is 3.10. The van der Waals surface area contributed by atoms with Crippen LogP contribution in [0.4, 0.5) is 0 Å². The molecule has 1 aliphatic heterocycles. The van der Waals surface area contributed by atoms with E-state index >= 15 is 0 Å². The van der Waals surface area contributed by atoms with Gasteiger partial charge in [0, 0.05) is 0 Å². The highest BCUT2D eigenvalue weighted by Crippen LogP contribution is 2.08. The molecule has 0 spiro atoms. The predicted octanol–water partition coefficient (Wildman–Crippen LogP) is -0.389. The summed E-state index contributed by atoms with van der Waals surface area (Å²) in [5.74, 6) is -2.57. The number of nitrogens with one attached hydrogen (secondary N) is 4. The Bertz CT molecular complexity index is 544. The molecule has 1 heterocycles. The first-order chi connectivity index (χ1) is 12.6. The van der Waals surface area contributed by atoms with Crippen molar-refractivity contribution in [3.63, 3.8) is 0 Å². The first kappa shape index (κ1) is 22.9. The van der Waals surface area contributed by atoms with Crippen molar-refractivity contribution < 1.29 is 24.3 Å². The summed E-state index contributed by atoms with van der Waals surface area (Å²) in [7, 11) is 0. The molecular formula is C18H32N4O5. The van der Waals surface area contributed by atoms with E-state index in [1.165, 1.54) is 0 Å². The lowest BCUT2D eigenvalue weighted by molar-refractivity contribution is -0.143. The van der Waals surface area contributed by atoms with Crippen LogP contribution in [-0.2, 0) is 19.2 Å². The van der Waals surface area contributed by atoms with E-state index < -0.39 is 29.9 Å². The van der Waals surface area contributed by atoms with Crippen molar-refractivity contribution in [2.75, 3.05) is 13.1 Å². The van der Waals surface area contributed by atoms with Crippen LogP contribution in [0.5, 0.6) is 0 Å². The number of carbonyl (C=O) groups excluding carboxylic acids is 3. The van der Waals surface area contributed by atoms with Crippen molar-refractivity contribution in [3.8, 4) is 0 Å². The highest BCUT2D eigenvalue weighted by molar-refractivity contribution is 5.92. The van der Waals surface area contributed by atoms with Crippen molar-refractivity contribution in [1.29, 1.82) is 0 Å². The third kappa shape index (κ3) is 7.94. The highest BCUT2D eigenvalue weighted by atomic mass is 16.4. The zero-order valence-corrected chi connectivity index (χ0v) is 16.5. The molecule has 0 aromatic rings. The van der Waals surface area contributed by atoms with Crippen molar-refractivity contribution in [2.45, 2.75) is 65.1 Å². The average molecular weight is 384 g/mol. The van der Waals surface area contributed by atoms with E-state index in [1.807, 2.05) is 13.8 Å². The van der Waals surface area contributed by atoms with Crippen LogP contribution < -0.4 is 21.3 Å². The SMILES string of the molecule is CC(C)CC(NC(=O)CNC(=O)C1CCCN1)C(=O)NC(C(=O)O)C(C)C. The molecule has 3 atom stereocenters. The molecule has 0 bridgehead atoms. The van der Waals surface area contributed by atoms with Gasteiger partial charge in [0.05, 0.1) is 12.6 Å². The Morgan fingerprint density at radius 2 is 1.78 bits per heavy atom. The minimum absolute atomic E-state index is 0.112. The van der Waals surface area contributed by atoms with Crippen LogP contribution in [0.25, 0.3) is 0 Å². The zero-order valence-electron chi connectivity index (χ0n) is 16.5. The van der Waals surface area contributed by atoms with Crippen molar-refractivity contribution in [1.82, 2.24) is 21.3 Å². The largest absolute Gasteiger partial charge is 0.480 e. The van der Waals surface area contributed by atoms with Gasteiger partial charge in [0.25, 0.3) is 0 Å². The van der Waals surface area contributed by atoms with Gasteiger partial charge in [0.15, 0.2) is 0 Å². The number of hydrogen-bond donors (Lipinski definition) is 5. The number of amides is 3. The first-order valence-electron chi connectivity index (χ1n) is 9.45. The van der Waals surface area contributed by atoms with E-state index in [1.54, 1.807) is 13.8 Å². The van der Waals surface area contributed by atoms with Gasteiger partial charge in [-0.25, -0.2) is 4.79 Å². The Hall–Kier alpha value is -2.16. The summed E-state index contributed by atoms with van der Waals surface area (Å²) in [5.41, 5.74) is 0. The Morgan fingerprint density at radius 3 is 2.26 bits per heavy atom. The fourth-order valence-electron chi connectivity index (χ4n) is 2.91. The second-order valence-electron chi connectivity index (χ2n) is 7.68. The van der Waals surface area contributed by atoms with Crippen molar-refractivity contribution in [3.05, 3.63) is 0 Å². The fraction of sp³-hybridized carbons (Fsp3) is 0.778. The maximum Gasteiger partial charge on any atom is 0.326 e. The van der Waals surface area contributed by atoms with Gasteiger partial charge in [-0.1, -0.05) is 27.7 Å². The van der Waals surface area contributed by atoms with Gasteiger partial charge in [-0.15, -0.1) is 0 Å². The van der Waals surface area contributed by atoms with Crippen molar-refractivity contribution in [2.24, 2.45) is 11.8 Å². The topological polar surface area (TPSA) is 137 Å². The summed E-state index contributed by atoms with van der Waals surface area (Å²) in [5, 5.41) is 19.9. The van der Waals surface area contributed by atoms with Gasteiger partial charge in [-0.05, 0) is 37.6 Å². The molecule has 1 rings (SSSR count). The maximum atomic E-state index is 12.5. The highest BCUT2D eigenvalue weighted by Gasteiger charge is 2.29. The van der Waals surface area contributed by atoms with E-state index in [2.05, 4.69) is 21.3 Å². The van der Waals surface area contributed by atoms with Crippen LogP contribution >= 0.6 is 0 Å². The maximum absolute atomic E-state index is 12.5. The van der Waals surface area contributed by atoms with Crippen LogP contribution in [0.2, 0.25) is 0 Å². The Labute approximate surface area is 160 Å². The van der Waals surface area contributed by atoms with Crippen molar-refractivity contribution >= 4 is 23.7 Å². The summed E-state index contributed by atoms with van der Waals surface area (Å²) >= 11 is 0. The van der Waals surface area contributed by atoms with E-state index in [9.17, 15) is 24.3 Å². The van der Waals surface area contributed by atoms with E-state index in [-0.39, 0.29) is 30.3 Å². The molecule has 1 aliphatic rings. The number of carboxylic acids is 1. The molecule has 0 aromatic heterocycles. The van der Waals surface area contributed by atoms with Gasteiger partial charge in [0.2, 0.25) is 17.7 Å². The lowest BCUT2D eigenvalue weighted by Gasteiger charge is -2.24. The molecule has 1 fully saturated rings. The van der Waals surface area contributed by atoms with Gasteiger partial charge < -0.3 is 26.4 Å². The van der Waals surface area contributed by atoms with Gasteiger partial charge in [-0.2, -0.15) is 0 Å². The number of carbonyl (C=O) groups is 4. The van der Waals surface area contributed by atoms with Crippen LogP contribution in [0, 0.1) is 11.8 Å². The second kappa shape index (κ2) is 10.9. The molecule has 0 aliphatic carbocycles. The van der Waals surface area contributed by atoms with E-state index in [0.29, 0.717) is 6.42 Å². The molecule has 1 saturated heterocycles. The molecule has 154 valence electrons. The predicted molar refractivity (Wildman–Crippen MR) is 99.8 cm³/mol. The third-order valence-corrected chi connectivity index (χ3v) is 4.39. The molecule has 0 saturated carbocycles. The first-order valence-corrected chi connectivity index (χ1v) is 9.45. The molecule has 27 heavy (non-hydrogen) atoms. The van der Waals surface area contributed by atoms with E-state index in [0.717, 1.165) is 19.4 Å². The molecule has 9 nitrogen and oxygen atoms in total. The second-order valence-corrected chi connectivity index (χ2v) is 7.68. The number of rotatable bonds is 10. The van der Waals surface area contributed by atoms with Crippen LogP contribution in [0.3, 0.4) is 0 Å².